The van der Waals surface area contributed by atoms with Gasteiger partial charge in [0, 0.05) is 16.5 Å². The van der Waals surface area contributed by atoms with Gasteiger partial charge >= 0.3 is 5.97 Å². The number of esters is 1. The quantitative estimate of drug-likeness (QED) is 0.479. The van der Waals surface area contributed by atoms with Crippen molar-refractivity contribution in [1.29, 1.82) is 0 Å². The van der Waals surface area contributed by atoms with Gasteiger partial charge in [-0.2, -0.15) is 0 Å². The minimum atomic E-state index is -0.348. The molecule has 1 aromatic heterocycles. The SMILES string of the molecule is COC(=O)c1c(NC(=S)NC2CCCCCCC2)sc(C)c1-c1ccccc1. The van der Waals surface area contributed by atoms with Crippen molar-refractivity contribution >= 4 is 39.6 Å². The zero-order chi connectivity index (χ0) is 19.9. The fraction of sp³-hybridized carbons (Fsp3) is 0.455. The average Bonchev–Trinajstić information content (AvgIpc) is 2.99. The number of thiophene rings is 1. The Hall–Kier alpha value is -1.92. The summed E-state index contributed by atoms with van der Waals surface area (Å²) in [6.45, 7) is 2.02. The molecular formula is C22H28N2O2S2. The van der Waals surface area contributed by atoms with Crippen molar-refractivity contribution in [2.45, 2.75) is 57.9 Å². The first kappa shape index (κ1) is 20.8. The maximum atomic E-state index is 12.6. The van der Waals surface area contributed by atoms with Crippen LogP contribution in [-0.2, 0) is 4.74 Å². The second-order valence-corrected chi connectivity index (χ2v) is 8.87. The number of anilines is 1. The molecule has 1 aliphatic carbocycles. The number of ether oxygens (including phenoxy) is 1. The lowest BCUT2D eigenvalue weighted by Gasteiger charge is -2.22. The van der Waals surface area contributed by atoms with Crippen molar-refractivity contribution in [3.05, 3.63) is 40.8 Å². The smallest absolute Gasteiger partial charge is 0.341 e. The Morgan fingerprint density at radius 1 is 1.11 bits per heavy atom. The molecule has 28 heavy (non-hydrogen) atoms. The Labute approximate surface area is 176 Å². The second kappa shape index (κ2) is 10.0. The molecule has 3 rings (SSSR count). The van der Waals surface area contributed by atoms with Crippen LogP contribution in [0.25, 0.3) is 11.1 Å². The highest BCUT2D eigenvalue weighted by Crippen LogP contribution is 2.40. The minimum absolute atomic E-state index is 0.348. The third kappa shape index (κ3) is 5.11. The molecule has 0 aliphatic heterocycles. The van der Waals surface area contributed by atoms with Gasteiger partial charge in [-0.15, -0.1) is 11.3 Å². The zero-order valence-corrected chi connectivity index (χ0v) is 18.2. The van der Waals surface area contributed by atoms with E-state index in [-0.39, 0.29) is 5.97 Å². The minimum Gasteiger partial charge on any atom is -0.465 e. The van der Waals surface area contributed by atoms with Gasteiger partial charge in [0.2, 0.25) is 0 Å². The predicted octanol–water partition coefficient (Wildman–Crippen LogP) is 5.91. The monoisotopic (exact) mass is 416 g/mol. The lowest BCUT2D eigenvalue weighted by Crippen LogP contribution is -2.38. The summed E-state index contributed by atoms with van der Waals surface area (Å²) in [5.41, 5.74) is 2.47. The first-order valence-corrected chi connectivity index (χ1v) is 11.2. The van der Waals surface area contributed by atoms with Crippen LogP contribution in [0.15, 0.2) is 30.3 Å². The topological polar surface area (TPSA) is 50.4 Å². The third-order valence-electron chi connectivity index (χ3n) is 5.20. The van der Waals surface area contributed by atoms with Crippen molar-refractivity contribution in [3.63, 3.8) is 0 Å². The predicted molar refractivity (Wildman–Crippen MR) is 121 cm³/mol. The van der Waals surface area contributed by atoms with E-state index in [0.29, 0.717) is 16.7 Å². The summed E-state index contributed by atoms with van der Waals surface area (Å²) in [5.74, 6) is -0.348. The van der Waals surface area contributed by atoms with Gasteiger partial charge < -0.3 is 15.4 Å². The van der Waals surface area contributed by atoms with E-state index in [1.807, 2.05) is 37.3 Å². The van der Waals surface area contributed by atoms with Gasteiger partial charge in [0.25, 0.3) is 0 Å². The molecule has 0 spiro atoms. The number of aryl methyl sites for hydroxylation is 1. The van der Waals surface area contributed by atoms with Crippen LogP contribution in [0, 0.1) is 6.92 Å². The molecule has 0 radical (unpaired) electrons. The molecule has 0 saturated heterocycles. The molecule has 0 bridgehead atoms. The van der Waals surface area contributed by atoms with Gasteiger partial charge in [-0.05, 0) is 37.5 Å². The number of hydrogen-bond donors (Lipinski definition) is 2. The van der Waals surface area contributed by atoms with Gasteiger partial charge in [0.1, 0.15) is 10.6 Å². The Kier molecular flexibility index (Phi) is 7.45. The summed E-state index contributed by atoms with van der Waals surface area (Å²) in [6.07, 6.45) is 8.71. The fourth-order valence-corrected chi connectivity index (χ4v) is 5.21. The molecule has 1 aromatic carbocycles. The van der Waals surface area contributed by atoms with E-state index in [1.165, 1.54) is 50.6 Å². The normalized spacial score (nSPS) is 15.4. The van der Waals surface area contributed by atoms with E-state index < -0.39 is 0 Å². The van der Waals surface area contributed by atoms with Crippen LogP contribution in [0.2, 0.25) is 0 Å². The molecule has 2 aromatic rings. The summed E-state index contributed by atoms with van der Waals surface area (Å²) < 4.78 is 5.08. The molecule has 6 heteroatoms. The highest BCUT2D eigenvalue weighted by molar-refractivity contribution is 7.80. The van der Waals surface area contributed by atoms with Gasteiger partial charge in [0.15, 0.2) is 5.11 Å². The number of nitrogens with one attached hydrogen (secondary N) is 2. The number of carbonyl (C=O) groups excluding carboxylic acids is 1. The number of methoxy groups -OCH3 is 1. The summed E-state index contributed by atoms with van der Waals surface area (Å²) >= 11 is 7.12. The Morgan fingerprint density at radius 2 is 1.75 bits per heavy atom. The molecule has 150 valence electrons. The molecule has 0 unspecified atom stereocenters. The van der Waals surface area contributed by atoms with Crippen LogP contribution in [-0.4, -0.2) is 24.2 Å². The summed E-state index contributed by atoms with van der Waals surface area (Å²) in [4.78, 5) is 13.6. The molecule has 4 nitrogen and oxygen atoms in total. The van der Waals surface area contributed by atoms with E-state index >= 15 is 0 Å². The standard InChI is InChI=1S/C22H28N2O2S2/c1-15-18(16-11-7-6-8-12-16)19(21(25)26-2)20(28-15)24-22(27)23-17-13-9-4-3-5-10-14-17/h6-8,11-12,17H,3-5,9-10,13-14H2,1-2H3,(H2,23,24,27). The van der Waals surface area contributed by atoms with Crippen LogP contribution in [0.1, 0.15) is 60.2 Å². The van der Waals surface area contributed by atoms with Crippen LogP contribution >= 0.6 is 23.6 Å². The lowest BCUT2D eigenvalue weighted by atomic mass is 9.97. The largest absolute Gasteiger partial charge is 0.465 e. The molecule has 1 fully saturated rings. The van der Waals surface area contributed by atoms with Gasteiger partial charge in [-0.1, -0.05) is 62.4 Å². The Bertz CT molecular complexity index is 809. The van der Waals surface area contributed by atoms with Crippen LogP contribution in [0.3, 0.4) is 0 Å². The van der Waals surface area contributed by atoms with E-state index in [9.17, 15) is 4.79 Å². The highest BCUT2D eigenvalue weighted by Gasteiger charge is 2.25. The van der Waals surface area contributed by atoms with Crippen LogP contribution in [0.4, 0.5) is 5.00 Å². The Morgan fingerprint density at radius 3 is 2.39 bits per heavy atom. The van der Waals surface area contributed by atoms with Crippen molar-refractivity contribution in [2.24, 2.45) is 0 Å². The molecule has 1 saturated carbocycles. The summed E-state index contributed by atoms with van der Waals surface area (Å²) in [7, 11) is 1.42. The van der Waals surface area contributed by atoms with Gasteiger partial charge in [0.05, 0.1) is 7.11 Å². The molecule has 1 aliphatic rings. The van der Waals surface area contributed by atoms with Crippen molar-refractivity contribution in [3.8, 4) is 11.1 Å². The summed E-state index contributed by atoms with van der Waals surface area (Å²) in [6, 6.07) is 10.3. The molecule has 0 amide bonds. The molecule has 0 atom stereocenters. The van der Waals surface area contributed by atoms with Gasteiger partial charge in [-0.25, -0.2) is 4.79 Å². The van der Waals surface area contributed by atoms with E-state index in [1.54, 1.807) is 0 Å². The lowest BCUT2D eigenvalue weighted by molar-refractivity contribution is 0.0603. The Balaban J connectivity index is 1.81. The molecular weight excluding hydrogens is 388 g/mol. The zero-order valence-electron chi connectivity index (χ0n) is 16.5. The first-order valence-electron chi connectivity index (χ1n) is 9.94. The number of carbonyl (C=O) groups is 1. The number of hydrogen-bond acceptors (Lipinski definition) is 4. The van der Waals surface area contributed by atoms with Crippen molar-refractivity contribution in [2.75, 3.05) is 12.4 Å². The van der Waals surface area contributed by atoms with E-state index in [4.69, 9.17) is 17.0 Å². The van der Waals surface area contributed by atoms with Crippen molar-refractivity contribution < 1.29 is 9.53 Å². The second-order valence-electron chi connectivity index (χ2n) is 7.24. The maximum Gasteiger partial charge on any atom is 0.341 e. The summed E-state index contributed by atoms with van der Waals surface area (Å²) in [5, 5.41) is 8.06. The fourth-order valence-electron chi connectivity index (χ4n) is 3.81. The number of thiocarbonyl (C=S) groups is 1. The highest BCUT2D eigenvalue weighted by atomic mass is 32.1. The molecule has 2 N–H and O–H groups in total. The van der Waals surface area contributed by atoms with Crippen molar-refractivity contribution in [1.82, 2.24) is 5.32 Å². The van der Waals surface area contributed by atoms with E-state index in [0.717, 1.165) is 33.8 Å². The molecule has 1 heterocycles. The average molecular weight is 417 g/mol. The maximum absolute atomic E-state index is 12.6. The van der Waals surface area contributed by atoms with Crippen LogP contribution in [0.5, 0.6) is 0 Å². The van der Waals surface area contributed by atoms with Crippen LogP contribution < -0.4 is 10.6 Å². The van der Waals surface area contributed by atoms with E-state index in [2.05, 4.69) is 10.6 Å². The number of rotatable bonds is 4. The third-order valence-corrected chi connectivity index (χ3v) is 6.44. The first-order chi connectivity index (χ1) is 13.6. The number of benzene rings is 1. The van der Waals surface area contributed by atoms with Gasteiger partial charge in [-0.3, -0.25) is 0 Å².